The number of ether oxygens (including phenoxy) is 1. The number of nitrogens with one attached hydrogen (secondary N) is 1. The molecule has 5 nitrogen and oxygen atoms in total. The molecule has 1 aromatic heterocycles. The number of amides is 1. The Morgan fingerprint density at radius 3 is 2.57 bits per heavy atom. The Bertz CT molecular complexity index is 1140. The van der Waals surface area contributed by atoms with Crippen molar-refractivity contribution >= 4 is 16.7 Å². The summed E-state index contributed by atoms with van der Waals surface area (Å²) in [5.41, 5.74) is 2.72. The van der Waals surface area contributed by atoms with Crippen LogP contribution in [-0.2, 0) is 13.0 Å². The van der Waals surface area contributed by atoms with E-state index >= 15 is 0 Å². The summed E-state index contributed by atoms with van der Waals surface area (Å²) >= 11 is 0. The minimum absolute atomic E-state index is 0.117. The molecule has 0 aliphatic carbocycles. The molecule has 0 saturated heterocycles. The predicted octanol–water partition coefficient (Wildman–Crippen LogP) is 4.46. The number of aromatic nitrogens is 2. The van der Waals surface area contributed by atoms with E-state index in [1.165, 1.54) is 5.39 Å². The molecule has 1 amide bonds. The van der Waals surface area contributed by atoms with Crippen LogP contribution in [-0.4, -0.2) is 28.8 Å². The summed E-state index contributed by atoms with van der Waals surface area (Å²) in [5, 5.41) is 9.69. The average Bonchev–Trinajstić information content (AvgIpc) is 3.19. The second kappa shape index (κ2) is 9.27. The maximum atomic E-state index is 12.7. The maximum Gasteiger partial charge on any atom is 0.254 e. The van der Waals surface area contributed by atoms with E-state index in [9.17, 15) is 4.79 Å². The summed E-state index contributed by atoms with van der Waals surface area (Å²) < 4.78 is 7.70. The molecule has 1 N–H and O–H groups in total. The molecule has 0 unspecified atom stereocenters. The minimum atomic E-state index is -0.117. The number of carbonyl (C=O) groups is 1. The summed E-state index contributed by atoms with van der Waals surface area (Å²) in [7, 11) is 0. The quantitative estimate of drug-likeness (QED) is 0.445. The van der Waals surface area contributed by atoms with Crippen LogP contribution in [0.3, 0.4) is 0 Å². The lowest BCUT2D eigenvalue weighted by Gasteiger charge is -2.10. The zero-order chi connectivity index (χ0) is 20.8. The van der Waals surface area contributed by atoms with Crippen LogP contribution in [0.5, 0.6) is 5.75 Å². The highest BCUT2D eigenvalue weighted by molar-refractivity contribution is 5.95. The van der Waals surface area contributed by atoms with E-state index in [1.807, 2.05) is 60.1 Å². The first-order valence-electron chi connectivity index (χ1n) is 10.2. The van der Waals surface area contributed by atoms with Gasteiger partial charge in [-0.15, -0.1) is 0 Å². The van der Waals surface area contributed by atoms with E-state index in [0.717, 1.165) is 28.8 Å². The lowest BCUT2D eigenvalue weighted by atomic mass is 10.1. The monoisotopic (exact) mass is 399 g/mol. The third-order valence-corrected chi connectivity index (χ3v) is 5.08. The van der Waals surface area contributed by atoms with E-state index in [4.69, 9.17) is 4.74 Å². The molecule has 0 aliphatic rings. The van der Waals surface area contributed by atoms with Crippen LogP contribution in [0.15, 0.2) is 79.0 Å². The Labute approximate surface area is 176 Å². The molecule has 3 aromatic carbocycles. The molecule has 0 saturated carbocycles. The van der Waals surface area contributed by atoms with Gasteiger partial charge in [-0.1, -0.05) is 67.6 Å². The van der Waals surface area contributed by atoms with Gasteiger partial charge in [0.1, 0.15) is 12.4 Å². The Kier molecular flexibility index (Phi) is 6.09. The molecule has 1 heterocycles. The van der Waals surface area contributed by atoms with Crippen LogP contribution in [0.2, 0.25) is 0 Å². The van der Waals surface area contributed by atoms with Crippen molar-refractivity contribution in [1.82, 2.24) is 15.1 Å². The molecule has 5 heteroatoms. The van der Waals surface area contributed by atoms with Crippen molar-refractivity contribution in [3.63, 3.8) is 0 Å². The van der Waals surface area contributed by atoms with Gasteiger partial charge < -0.3 is 10.1 Å². The Morgan fingerprint density at radius 2 is 1.77 bits per heavy atom. The molecular formula is C25H25N3O2. The lowest BCUT2D eigenvalue weighted by molar-refractivity contribution is 0.0946. The zero-order valence-electron chi connectivity index (χ0n) is 17.0. The predicted molar refractivity (Wildman–Crippen MR) is 119 cm³/mol. The number of hydrogen-bond acceptors (Lipinski definition) is 3. The first-order valence-corrected chi connectivity index (χ1v) is 10.2. The number of hydrogen-bond donors (Lipinski definition) is 1. The molecule has 0 spiro atoms. The van der Waals surface area contributed by atoms with Gasteiger partial charge in [0.2, 0.25) is 0 Å². The van der Waals surface area contributed by atoms with E-state index in [1.54, 1.807) is 6.20 Å². The van der Waals surface area contributed by atoms with Crippen molar-refractivity contribution in [1.29, 1.82) is 0 Å². The molecule has 0 radical (unpaired) electrons. The highest BCUT2D eigenvalue weighted by Crippen LogP contribution is 2.20. The molecule has 4 aromatic rings. The average molecular weight is 399 g/mol. The Morgan fingerprint density at radius 1 is 1.00 bits per heavy atom. The van der Waals surface area contributed by atoms with Crippen LogP contribution in [0.25, 0.3) is 10.8 Å². The smallest absolute Gasteiger partial charge is 0.254 e. The topological polar surface area (TPSA) is 56.1 Å². The minimum Gasteiger partial charge on any atom is -0.492 e. The van der Waals surface area contributed by atoms with Gasteiger partial charge in [-0.2, -0.15) is 5.10 Å². The van der Waals surface area contributed by atoms with E-state index in [-0.39, 0.29) is 5.91 Å². The molecule has 0 aliphatic heterocycles. The molecule has 4 rings (SSSR count). The van der Waals surface area contributed by atoms with E-state index < -0.39 is 0 Å². The van der Waals surface area contributed by atoms with Gasteiger partial charge in [-0.05, 0) is 34.9 Å². The van der Waals surface area contributed by atoms with Crippen molar-refractivity contribution < 1.29 is 9.53 Å². The zero-order valence-corrected chi connectivity index (χ0v) is 17.0. The lowest BCUT2D eigenvalue weighted by Crippen LogP contribution is -2.28. The van der Waals surface area contributed by atoms with Gasteiger partial charge in [-0.25, -0.2) is 0 Å². The van der Waals surface area contributed by atoms with E-state index in [0.29, 0.717) is 25.3 Å². The van der Waals surface area contributed by atoms with Crippen LogP contribution in [0, 0.1) is 0 Å². The van der Waals surface area contributed by atoms with Crippen LogP contribution in [0.1, 0.15) is 28.5 Å². The first kappa shape index (κ1) is 19.7. The van der Waals surface area contributed by atoms with Crippen molar-refractivity contribution in [2.45, 2.75) is 19.9 Å². The third-order valence-electron chi connectivity index (χ3n) is 5.08. The number of rotatable bonds is 8. The van der Waals surface area contributed by atoms with Crippen LogP contribution >= 0.6 is 0 Å². The molecule has 0 atom stereocenters. The fourth-order valence-corrected chi connectivity index (χ4v) is 3.55. The molecule has 0 fully saturated rings. The largest absolute Gasteiger partial charge is 0.492 e. The summed E-state index contributed by atoms with van der Waals surface area (Å²) in [6.45, 7) is 3.53. The SMILES string of the molecule is CCc1c(C(=O)NCCOc2ccc3ccccc3c2)cnn1Cc1ccccc1. The second-order valence-electron chi connectivity index (χ2n) is 7.12. The van der Waals surface area contributed by atoms with Crippen molar-refractivity contribution in [2.75, 3.05) is 13.2 Å². The van der Waals surface area contributed by atoms with Crippen molar-refractivity contribution in [2.24, 2.45) is 0 Å². The maximum absolute atomic E-state index is 12.7. The van der Waals surface area contributed by atoms with Crippen molar-refractivity contribution in [3.8, 4) is 5.75 Å². The van der Waals surface area contributed by atoms with Gasteiger partial charge in [0.05, 0.1) is 30.5 Å². The summed E-state index contributed by atoms with van der Waals surface area (Å²) in [5.74, 6) is 0.682. The van der Waals surface area contributed by atoms with E-state index in [2.05, 4.69) is 34.7 Å². The third kappa shape index (κ3) is 4.51. The molecule has 30 heavy (non-hydrogen) atoms. The van der Waals surface area contributed by atoms with Gasteiger partial charge in [-0.3, -0.25) is 9.48 Å². The second-order valence-corrected chi connectivity index (χ2v) is 7.12. The van der Waals surface area contributed by atoms with Crippen molar-refractivity contribution in [3.05, 3.63) is 95.8 Å². The Hall–Kier alpha value is -3.60. The Balaban J connectivity index is 1.33. The van der Waals surface area contributed by atoms with Gasteiger partial charge in [0, 0.05) is 0 Å². The number of carbonyl (C=O) groups excluding carboxylic acids is 1. The number of benzene rings is 3. The molecule has 0 bridgehead atoms. The summed E-state index contributed by atoms with van der Waals surface area (Å²) in [4.78, 5) is 12.7. The fourth-order valence-electron chi connectivity index (χ4n) is 3.55. The first-order chi connectivity index (χ1) is 14.7. The number of nitrogens with zero attached hydrogens (tertiary/aromatic N) is 2. The molecule has 152 valence electrons. The fraction of sp³-hybridized carbons (Fsp3) is 0.200. The van der Waals surface area contributed by atoms with Crippen LogP contribution < -0.4 is 10.1 Å². The standard InChI is InChI=1S/C25H25N3O2/c1-2-24-23(17-27-28(24)18-19-8-4-3-5-9-19)25(29)26-14-15-30-22-13-12-20-10-6-7-11-21(20)16-22/h3-13,16-17H,2,14-15,18H2,1H3,(H,26,29). The summed E-state index contributed by atoms with van der Waals surface area (Å²) in [6.07, 6.45) is 2.39. The highest BCUT2D eigenvalue weighted by atomic mass is 16.5. The van der Waals surface area contributed by atoms with Gasteiger partial charge in [0.15, 0.2) is 0 Å². The number of fused-ring (bicyclic) bond motifs is 1. The summed E-state index contributed by atoms with van der Waals surface area (Å²) in [6, 6.07) is 24.3. The normalized spacial score (nSPS) is 10.8. The van der Waals surface area contributed by atoms with Gasteiger partial charge in [0.25, 0.3) is 5.91 Å². The highest BCUT2D eigenvalue weighted by Gasteiger charge is 2.16. The molecular weight excluding hydrogens is 374 g/mol. The van der Waals surface area contributed by atoms with Gasteiger partial charge >= 0.3 is 0 Å². The van der Waals surface area contributed by atoms with Crippen LogP contribution in [0.4, 0.5) is 0 Å².